The van der Waals surface area contributed by atoms with Gasteiger partial charge in [0.05, 0.1) is 21.1 Å². The summed E-state index contributed by atoms with van der Waals surface area (Å²) in [6.45, 7) is 9.20. The summed E-state index contributed by atoms with van der Waals surface area (Å²) in [5.41, 5.74) is 4.70. The van der Waals surface area contributed by atoms with Crippen LogP contribution in [0.25, 0.3) is 22.2 Å². The Morgan fingerprint density at radius 3 is 2.34 bits per heavy atom. The van der Waals surface area contributed by atoms with E-state index < -0.39 is 17.9 Å². The van der Waals surface area contributed by atoms with Gasteiger partial charge >= 0.3 is 0 Å². The molecule has 3 saturated heterocycles. The molecule has 5 aromatic rings. The first kappa shape index (κ1) is 51.8. The molecule has 2 aromatic carbocycles. The van der Waals surface area contributed by atoms with Gasteiger partial charge in [0.15, 0.2) is 6.29 Å². The summed E-state index contributed by atoms with van der Waals surface area (Å²) in [7, 11) is 5.08. The van der Waals surface area contributed by atoms with Crippen LogP contribution in [0.15, 0.2) is 67.1 Å². The van der Waals surface area contributed by atoms with E-state index in [9.17, 15) is 24.0 Å². The highest BCUT2D eigenvalue weighted by molar-refractivity contribution is 7.80. The topological polar surface area (TPSA) is 195 Å². The third-order valence-electron chi connectivity index (χ3n) is 12.4. The highest BCUT2D eigenvalue weighted by Crippen LogP contribution is 2.38. The summed E-state index contributed by atoms with van der Waals surface area (Å²) in [4.78, 5) is 72.4. The van der Waals surface area contributed by atoms with Crippen LogP contribution in [0.3, 0.4) is 0 Å². The lowest BCUT2D eigenvalue weighted by Crippen LogP contribution is -2.71. The predicted octanol–water partition coefficient (Wildman–Crippen LogP) is 6.94. The van der Waals surface area contributed by atoms with Crippen LogP contribution < -0.4 is 25.6 Å². The smallest absolute Gasteiger partial charge is 0.257 e. The van der Waals surface area contributed by atoms with E-state index in [0.717, 1.165) is 60.4 Å². The lowest BCUT2D eigenvalue weighted by Gasteiger charge is -2.56. The molecular formula is C49H60Cl2N10O6S. The second kappa shape index (κ2) is 24.6. The maximum atomic E-state index is 13.1. The number of carbonyl (C=O) groups is 5. The summed E-state index contributed by atoms with van der Waals surface area (Å²) in [5.74, 6) is 0.818. The van der Waals surface area contributed by atoms with Gasteiger partial charge in [-0.3, -0.25) is 24.5 Å². The van der Waals surface area contributed by atoms with Crippen molar-refractivity contribution in [1.29, 1.82) is 0 Å². The number of amides is 2. The molecule has 0 saturated carbocycles. The monoisotopic (exact) mass is 986 g/mol. The fourth-order valence-electron chi connectivity index (χ4n) is 8.37. The van der Waals surface area contributed by atoms with Crippen LogP contribution in [0.5, 0.6) is 5.75 Å². The first-order valence-electron chi connectivity index (χ1n) is 22.7. The third kappa shape index (κ3) is 12.9. The molecule has 0 radical (unpaired) electrons. The number of nitrogens with zero attached hydrogens (tertiary/aromatic N) is 6. The summed E-state index contributed by atoms with van der Waals surface area (Å²) in [6, 6.07) is 14.0. The van der Waals surface area contributed by atoms with E-state index in [1.165, 1.54) is 51.0 Å². The molecule has 4 N–H and O–H groups in total. The largest absolute Gasteiger partial charge is 0.486 e. The molecule has 3 aromatic heterocycles. The molecule has 6 heterocycles. The van der Waals surface area contributed by atoms with Gasteiger partial charge in [0.2, 0.25) is 5.91 Å². The zero-order valence-electron chi connectivity index (χ0n) is 38.8. The molecule has 362 valence electrons. The van der Waals surface area contributed by atoms with E-state index in [2.05, 4.69) is 72.7 Å². The first-order valence-corrected chi connectivity index (χ1v) is 24.0. The number of pyridine rings is 2. The van der Waals surface area contributed by atoms with Gasteiger partial charge in [0, 0.05) is 117 Å². The number of rotatable bonds is 17. The van der Waals surface area contributed by atoms with Crippen LogP contribution in [0.1, 0.15) is 77.8 Å². The van der Waals surface area contributed by atoms with Gasteiger partial charge in [-0.25, -0.2) is 4.98 Å². The van der Waals surface area contributed by atoms with E-state index in [1.807, 2.05) is 31.3 Å². The van der Waals surface area contributed by atoms with Crippen molar-refractivity contribution in [3.8, 4) is 17.0 Å². The summed E-state index contributed by atoms with van der Waals surface area (Å²) in [6.07, 6.45) is 10.6. The number of H-pyrrole nitrogens is 1. The van der Waals surface area contributed by atoms with Crippen LogP contribution in [0.4, 0.5) is 11.5 Å². The summed E-state index contributed by atoms with van der Waals surface area (Å²) in [5, 5.41) is 19.1. The Kier molecular flexibility index (Phi) is 18.8. The van der Waals surface area contributed by atoms with Gasteiger partial charge in [-0.2, -0.15) is 17.7 Å². The Labute approximate surface area is 412 Å². The average molecular weight is 988 g/mol. The average Bonchev–Trinajstić information content (AvgIpc) is 3.74. The SMILES string of the molecule is CN1CCC(S)CC1.CNC(=O)C(CCC=O)N(C)C(=O)c1c(C=O)cccc1NCCCC=O.C[C@@H](Oc1ccc2[nH]nc(-c3ccc(N4CC5(CNC5)C4)nc3)c2c1)c1c(Cl)cncc1Cl. The van der Waals surface area contributed by atoms with Crippen molar-refractivity contribution in [2.24, 2.45) is 5.41 Å². The number of benzene rings is 2. The zero-order chi connectivity index (χ0) is 48.8. The van der Waals surface area contributed by atoms with Crippen molar-refractivity contribution >= 4 is 88.9 Å². The van der Waals surface area contributed by atoms with Crippen molar-refractivity contribution < 1.29 is 28.7 Å². The summed E-state index contributed by atoms with van der Waals surface area (Å²) >= 11 is 17.0. The Bertz CT molecular complexity index is 2480. The molecule has 16 nitrogen and oxygen atoms in total. The Balaban J connectivity index is 0.000000196. The van der Waals surface area contributed by atoms with Crippen molar-refractivity contribution in [3.05, 3.63) is 93.9 Å². The van der Waals surface area contributed by atoms with E-state index in [1.54, 1.807) is 24.5 Å². The number of aromatic amines is 1. The van der Waals surface area contributed by atoms with Crippen LogP contribution in [-0.4, -0.2) is 139 Å². The molecule has 68 heavy (non-hydrogen) atoms. The number of aromatic nitrogens is 4. The molecule has 1 unspecified atom stereocenters. The quantitative estimate of drug-likeness (QED) is 0.0366. The molecule has 2 atom stereocenters. The number of halogens is 2. The molecule has 0 aliphatic carbocycles. The van der Waals surface area contributed by atoms with Gasteiger partial charge in [-0.1, -0.05) is 35.3 Å². The Morgan fingerprint density at radius 2 is 1.74 bits per heavy atom. The van der Waals surface area contributed by atoms with Crippen LogP contribution in [0.2, 0.25) is 10.0 Å². The maximum Gasteiger partial charge on any atom is 0.257 e. The Morgan fingerprint density at radius 1 is 1.01 bits per heavy atom. The highest BCUT2D eigenvalue weighted by atomic mass is 35.5. The van der Waals surface area contributed by atoms with Crippen molar-refractivity contribution in [3.63, 3.8) is 0 Å². The third-order valence-corrected chi connectivity index (χ3v) is 13.5. The number of piperidine rings is 1. The van der Waals surface area contributed by atoms with Crippen molar-refractivity contribution in [2.75, 3.05) is 77.2 Å². The van der Waals surface area contributed by atoms with Crippen LogP contribution >= 0.6 is 35.8 Å². The first-order chi connectivity index (χ1) is 32.8. The number of anilines is 2. The van der Waals surface area contributed by atoms with E-state index in [0.29, 0.717) is 69.7 Å². The summed E-state index contributed by atoms with van der Waals surface area (Å²) < 4.78 is 6.17. The zero-order valence-corrected chi connectivity index (χ0v) is 41.2. The van der Waals surface area contributed by atoms with Crippen LogP contribution in [0, 0.1) is 5.41 Å². The fourth-order valence-corrected chi connectivity index (χ4v) is 9.27. The van der Waals surface area contributed by atoms with Crippen molar-refractivity contribution in [1.82, 2.24) is 40.6 Å². The second-order valence-corrected chi connectivity index (χ2v) is 18.9. The second-order valence-electron chi connectivity index (χ2n) is 17.4. The molecule has 1 spiro atoms. The normalized spacial score (nSPS) is 16.1. The standard InChI is InChI=1S/C24H22Cl2N6O.C19H25N3O5.C6H13NS/c1-14(22-18(25)8-27-9-19(22)26)33-16-3-4-20-17(6-16)23(31-30-20)15-2-5-21(29-7-15)32-12-24(13-32)10-28-11-24;1-20-18(26)16(9-6-12-24)22(2)19(27)17-14(13-25)7-5-8-15(17)21-10-3-4-11-23;1-7-4-2-6(8)3-5-7/h2-9,14,28H,10-13H2,1H3,(H,30,31);5,7-8,11-13,16,21H,3-4,6,9-10H2,1-2H3,(H,20,26);6,8H,2-5H2,1H3/t14-;;/m1../s1. The molecule has 8 rings (SSSR count). The number of fused-ring (bicyclic) bond motifs is 1. The minimum atomic E-state index is -0.838. The molecule has 3 fully saturated rings. The number of aldehydes is 3. The number of hydrogen-bond donors (Lipinski definition) is 5. The number of likely N-dealkylation sites (N-methyl/N-ethyl adjacent to an activating group) is 2. The maximum absolute atomic E-state index is 13.1. The molecule has 0 bridgehead atoms. The number of ether oxygens (including phenoxy) is 1. The predicted molar refractivity (Wildman–Crippen MR) is 271 cm³/mol. The molecule has 3 aliphatic heterocycles. The van der Waals surface area contributed by atoms with Gasteiger partial charge in [-0.05, 0) is 89.1 Å². The number of hydrogen-bond acceptors (Lipinski definition) is 14. The Hall–Kier alpha value is -5.59. The van der Waals surface area contributed by atoms with Gasteiger partial charge in [-0.15, -0.1) is 0 Å². The number of nitrogens with one attached hydrogen (secondary N) is 4. The molecule has 2 amide bonds. The lowest BCUT2D eigenvalue weighted by molar-refractivity contribution is -0.125. The molecular weight excluding hydrogens is 928 g/mol. The lowest BCUT2D eigenvalue weighted by atomic mass is 9.74. The molecule has 19 heteroatoms. The van der Waals surface area contributed by atoms with E-state index in [-0.39, 0.29) is 30.1 Å². The molecule has 3 aliphatic rings. The number of thiol groups is 1. The van der Waals surface area contributed by atoms with Gasteiger partial charge < -0.3 is 45.0 Å². The minimum absolute atomic E-state index is 0.127. The minimum Gasteiger partial charge on any atom is -0.486 e. The highest BCUT2D eigenvalue weighted by Gasteiger charge is 2.48. The van der Waals surface area contributed by atoms with Gasteiger partial charge in [0.1, 0.15) is 42.0 Å². The van der Waals surface area contributed by atoms with E-state index in [4.69, 9.17) is 32.9 Å². The fraction of sp³-hybridized carbons (Fsp3) is 0.429. The number of carbonyl (C=O) groups excluding carboxylic acids is 5. The number of likely N-dealkylation sites (tertiary alicyclic amines) is 1. The van der Waals surface area contributed by atoms with Crippen molar-refractivity contribution in [2.45, 2.75) is 62.8 Å². The van der Waals surface area contributed by atoms with Gasteiger partial charge in [0.25, 0.3) is 5.91 Å². The number of unbranched alkanes of at least 4 members (excludes halogenated alkanes) is 1. The van der Waals surface area contributed by atoms with E-state index >= 15 is 0 Å². The van der Waals surface area contributed by atoms with Crippen LogP contribution in [-0.2, 0) is 14.4 Å².